The molecular weight excluding hydrogens is 228 g/mol. The van der Waals surface area contributed by atoms with E-state index >= 15 is 0 Å². The highest BCUT2D eigenvalue weighted by molar-refractivity contribution is 5.93. The minimum absolute atomic E-state index is 0.111. The minimum Gasteiger partial charge on any atom is -0.318 e. The Bertz CT molecular complexity index is 316. The number of nitrogens with two attached hydrogens (primary N) is 1. The highest BCUT2D eigenvalue weighted by Crippen LogP contribution is 2.10. The molecule has 1 rings (SSSR count). The average molecular weight is 252 g/mol. The van der Waals surface area contributed by atoms with Crippen LogP contribution in [0.3, 0.4) is 0 Å². The van der Waals surface area contributed by atoms with E-state index in [1.807, 2.05) is 14.0 Å². The summed E-state index contributed by atoms with van der Waals surface area (Å²) in [5, 5.41) is 0. The normalized spacial score (nSPS) is 21.3. The van der Waals surface area contributed by atoms with Crippen molar-refractivity contribution in [3.05, 3.63) is 24.8 Å². The van der Waals surface area contributed by atoms with Gasteiger partial charge in [-0.25, -0.2) is 0 Å². The summed E-state index contributed by atoms with van der Waals surface area (Å²) in [6, 6.07) is 0. The van der Waals surface area contributed by atoms with Crippen LogP contribution in [0.25, 0.3) is 0 Å². The Morgan fingerprint density at radius 2 is 2.06 bits per heavy atom. The lowest BCUT2D eigenvalue weighted by molar-refractivity contribution is -0.118. The van der Waals surface area contributed by atoms with Crippen molar-refractivity contribution in [3.63, 3.8) is 0 Å². The van der Waals surface area contributed by atoms with Gasteiger partial charge in [0.05, 0.1) is 25.9 Å². The molecule has 1 saturated heterocycles. The first-order valence-electron chi connectivity index (χ1n) is 6.23. The number of allylic oxidation sites excluding steroid dienone is 2. The number of carbonyl (C=O) groups is 1. The molecule has 0 spiro atoms. The van der Waals surface area contributed by atoms with E-state index in [-0.39, 0.29) is 11.7 Å². The molecule has 5 nitrogen and oxygen atoms in total. The van der Waals surface area contributed by atoms with Gasteiger partial charge in [-0.05, 0) is 20.0 Å². The fourth-order valence-corrected chi connectivity index (χ4v) is 2.18. The quantitative estimate of drug-likeness (QED) is 0.543. The maximum Gasteiger partial charge on any atom is 0.163 e. The van der Waals surface area contributed by atoms with Crippen LogP contribution in [-0.4, -0.2) is 60.8 Å². The van der Waals surface area contributed by atoms with E-state index in [1.165, 1.54) is 0 Å². The topological polar surface area (TPSA) is 52.8 Å². The van der Waals surface area contributed by atoms with Gasteiger partial charge in [0, 0.05) is 13.2 Å². The van der Waals surface area contributed by atoms with Crippen LogP contribution < -0.4 is 5.73 Å². The Morgan fingerprint density at radius 1 is 1.39 bits per heavy atom. The molecule has 0 aromatic rings. The fraction of sp³-hybridized carbons (Fsp3) is 0.615. The van der Waals surface area contributed by atoms with Crippen LogP contribution in [0, 0.1) is 5.92 Å². The summed E-state index contributed by atoms with van der Waals surface area (Å²) in [5.74, 6) is -0.0349. The Balaban J connectivity index is 2.58. The summed E-state index contributed by atoms with van der Waals surface area (Å²) in [4.78, 5) is 18.4. The SMILES string of the molecule is C=CC(CN1CN(C)CN(CN)C1)C(=O)/C=C\C. The molecule has 2 N–H and O–H groups in total. The molecule has 0 bridgehead atoms. The first-order chi connectivity index (χ1) is 8.60. The Labute approximate surface area is 110 Å². The molecule has 1 heterocycles. The van der Waals surface area contributed by atoms with E-state index in [9.17, 15) is 4.79 Å². The van der Waals surface area contributed by atoms with Gasteiger partial charge in [-0.2, -0.15) is 0 Å². The van der Waals surface area contributed by atoms with Crippen molar-refractivity contribution in [3.8, 4) is 0 Å². The summed E-state index contributed by atoms with van der Waals surface area (Å²) >= 11 is 0. The molecule has 102 valence electrons. The number of hydrogen-bond acceptors (Lipinski definition) is 5. The first-order valence-corrected chi connectivity index (χ1v) is 6.23. The van der Waals surface area contributed by atoms with Crippen LogP contribution in [-0.2, 0) is 4.79 Å². The van der Waals surface area contributed by atoms with E-state index < -0.39 is 0 Å². The highest BCUT2D eigenvalue weighted by Gasteiger charge is 2.23. The molecule has 5 heteroatoms. The van der Waals surface area contributed by atoms with Gasteiger partial charge in [-0.3, -0.25) is 19.5 Å². The summed E-state index contributed by atoms with van der Waals surface area (Å²) in [7, 11) is 2.05. The van der Waals surface area contributed by atoms with Crippen molar-refractivity contribution in [1.29, 1.82) is 0 Å². The molecule has 1 aliphatic rings. The van der Waals surface area contributed by atoms with Crippen LogP contribution >= 0.6 is 0 Å². The van der Waals surface area contributed by atoms with Crippen LogP contribution in [0.1, 0.15) is 6.92 Å². The second kappa shape index (κ2) is 7.43. The number of carbonyl (C=O) groups excluding carboxylic acids is 1. The molecule has 1 unspecified atom stereocenters. The maximum atomic E-state index is 11.8. The van der Waals surface area contributed by atoms with Crippen LogP contribution in [0.5, 0.6) is 0 Å². The molecule has 0 amide bonds. The minimum atomic E-state index is -0.146. The Kier molecular flexibility index (Phi) is 6.21. The van der Waals surface area contributed by atoms with Crippen molar-refractivity contribution in [2.24, 2.45) is 11.7 Å². The highest BCUT2D eigenvalue weighted by atomic mass is 16.1. The second-order valence-electron chi connectivity index (χ2n) is 4.73. The van der Waals surface area contributed by atoms with Crippen molar-refractivity contribution < 1.29 is 4.79 Å². The molecule has 1 fully saturated rings. The molecular formula is C13H24N4O. The maximum absolute atomic E-state index is 11.8. The van der Waals surface area contributed by atoms with Gasteiger partial charge in [-0.1, -0.05) is 12.2 Å². The monoisotopic (exact) mass is 252 g/mol. The van der Waals surface area contributed by atoms with Gasteiger partial charge in [0.1, 0.15) is 0 Å². The third-order valence-corrected chi connectivity index (χ3v) is 2.98. The summed E-state index contributed by atoms with van der Waals surface area (Å²) < 4.78 is 0. The van der Waals surface area contributed by atoms with Crippen molar-refractivity contribution in [2.45, 2.75) is 6.92 Å². The number of nitrogens with zero attached hydrogens (tertiary/aromatic N) is 3. The van der Waals surface area contributed by atoms with E-state index in [1.54, 1.807) is 18.2 Å². The molecule has 1 aliphatic heterocycles. The van der Waals surface area contributed by atoms with Crippen LogP contribution in [0.4, 0.5) is 0 Å². The first kappa shape index (κ1) is 15.0. The third kappa shape index (κ3) is 4.34. The van der Waals surface area contributed by atoms with E-state index in [0.717, 1.165) is 20.0 Å². The molecule has 0 saturated carbocycles. The lowest BCUT2D eigenvalue weighted by Crippen LogP contribution is -2.55. The van der Waals surface area contributed by atoms with Crippen LogP contribution in [0.2, 0.25) is 0 Å². The molecule has 1 atom stereocenters. The van der Waals surface area contributed by atoms with Crippen LogP contribution in [0.15, 0.2) is 24.8 Å². The fourth-order valence-electron chi connectivity index (χ4n) is 2.18. The van der Waals surface area contributed by atoms with Crippen molar-refractivity contribution in [1.82, 2.24) is 14.7 Å². The van der Waals surface area contributed by atoms with E-state index in [2.05, 4.69) is 21.3 Å². The largest absolute Gasteiger partial charge is 0.318 e. The summed E-state index contributed by atoms with van der Waals surface area (Å²) in [6.45, 7) is 9.34. The predicted molar refractivity (Wildman–Crippen MR) is 73.5 cm³/mol. The molecule has 0 aliphatic carbocycles. The third-order valence-electron chi connectivity index (χ3n) is 2.98. The Morgan fingerprint density at radius 3 is 2.61 bits per heavy atom. The van der Waals surface area contributed by atoms with Gasteiger partial charge in [0.2, 0.25) is 0 Å². The molecule has 18 heavy (non-hydrogen) atoms. The standard InChI is InChI=1S/C13H24N4O/c1-4-6-13(18)12(5-2)7-16-9-15(3)10-17(8-14)11-16/h4-6,12H,2,7-11,14H2,1,3H3/b6-4-. The number of hydrogen-bond donors (Lipinski definition) is 1. The predicted octanol–water partition coefficient (Wildman–Crippen LogP) is 0.272. The van der Waals surface area contributed by atoms with Gasteiger partial charge >= 0.3 is 0 Å². The lowest BCUT2D eigenvalue weighted by atomic mass is 10.0. The van der Waals surface area contributed by atoms with E-state index in [4.69, 9.17) is 5.73 Å². The second-order valence-corrected chi connectivity index (χ2v) is 4.73. The zero-order chi connectivity index (χ0) is 13.5. The van der Waals surface area contributed by atoms with Crippen molar-refractivity contribution in [2.75, 3.05) is 40.3 Å². The van der Waals surface area contributed by atoms with Crippen molar-refractivity contribution >= 4 is 5.78 Å². The Hall–Kier alpha value is -1.01. The summed E-state index contributed by atoms with van der Waals surface area (Å²) in [6.07, 6.45) is 5.11. The molecule has 0 radical (unpaired) electrons. The number of rotatable bonds is 6. The average Bonchev–Trinajstić information content (AvgIpc) is 2.35. The smallest absolute Gasteiger partial charge is 0.163 e. The van der Waals surface area contributed by atoms with Gasteiger partial charge in [0.25, 0.3) is 0 Å². The van der Waals surface area contributed by atoms with E-state index in [0.29, 0.717) is 13.2 Å². The molecule has 0 aromatic carbocycles. The number of ketones is 1. The lowest BCUT2D eigenvalue weighted by Gasteiger charge is -2.40. The van der Waals surface area contributed by atoms with Gasteiger partial charge in [0.15, 0.2) is 5.78 Å². The molecule has 0 aromatic heterocycles. The zero-order valence-corrected chi connectivity index (χ0v) is 11.4. The summed E-state index contributed by atoms with van der Waals surface area (Å²) in [5.41, 5.74) is 5.67. The van der Waals surface area contributed by atoms with Gasteiger partial charge in [-0.15, -0.1) is 6.58 Å². The zero-order valence-electron chi connectivity index (χ0n) is 11.4. The van der Waals surface area contributed by atoms with Gasteiger partial charge < -0.3 is 5.73 Å².